The molecule has 0 spiro atoms. The van der Waals surface area contributed by atoms with Crippen molar-refractivity contribution in [2.45, 2.75) is 134 Å². The van der Waals surface area contributed by atoms with E-state index in [-0.39, 0.29) is 31.2 Å². The van der Waals surface area contributed by atoms with Gasteiger partial charge in [-0.05, 0) is 90.5 Å². The first-order valence-corrected chi connectivity index (χ1v) is 21.4. The van der Waals surface area contributed by atoms with E-state index in [4.69, 9.17) is 14.2 Å². The number of ether oxygens (including phenoxy) is 3. The molecule has 4 amide bonds. The van der Waals surface area contributed by atoms with Gasteiger partial charge in [0.25, 0.3) is 5.91 Å². The van der Waals surface area contributed by atoms with Gasteiger partial charge in [-0.15, -0.1) is 0 Å². The maximum atomic E-state index is 14.8. The number of benzene rings is 1. The molecule has 3 heterocycles. The molecule has 15 heteroatoms. The smallest absolute Gasteiger partial charge is 0.408 e. The Labute approximate surface area is 329 Å². The molecule has 7 atom stereocenters. The molecule has 1 saturated heterocycles. The summed E-state index contributed by atoms with van der Waals surface area (Å²) in [6, 6.07) is 5.35. The SMILES string of the molecule is CCCOc1cnc(O[C@@H]2C[C@H]3C(=O)N[C@]4(C(=O)NS(=O)(=O)C5(C)CC5)CC4/C=C\CC[C@@H](C)C[C@@H](C)[C@H](NC(=O)OC(C)(C)C)C(=O)N3C2)c2ccccc12. The summed E-state index contributed by atoms with van der Waals surface area (Å²) >= 11 is 0. The second-order valence-electron chi connectivity index (χ2n) is 17.4. The highest BCUT2D eigenvalue weighted by Gasteiger charge is 2.63. The number of hydrogen-bond acceptors (Lipinski definition) is 10. The highest BCUT2D eigenvalue weighted by Crippen LogP contribution is 2.47. The van der Waals surface area contributed by atoms with Crippen molar-refractivity contribution in [3.63, 3.8) is 0 Å². The summed E-state index contributed by atoms with van der Waals surface area (Å²) < 4.78 is 45.7. The van der Waals surface area contributed by atoms with E-state index in [2.05, 4.69) is 27.3 Å². The van der Waals surface area contributed by atoms with Crippen LogP contribution in [0.2, 0.25) is 0 Å². The number of hydrogen-bond donors (Lipinski definition) is 3. The Morgan fingerprint density at radius 1 is 1.09 bits per heavy atom. The van der Waals surface area contributed by atoms with Gasteiger partial charge in [-0.1, -0.05) is 51.1 Å². The second-order valence-corrected chi connectivity index (χ2v) is 19.6. The van der Waals surface area contributed by atoms with Crippen LogP contribution in [0.25, 0.3) is 10.8 Å². The number of alkyl carbamates (subject to hydrolysis) is 1. The summed E-state index contributed by atoms with van der Waals surface area (Å²) in [6.45, 7) is 13.3. The average molecular weight is 796 g/mol. The van der Waals surface area contributed by atoms with Gasteiger partial charge in [-0.25, -0.2) is 18.2 Å². The number of rotatable bonds is 9. The van der Waals surface area contributed by atoms with Gasteiger partial charge < -0.3 is 29.7 Å². The summed E-state index contributed by atoms with van der Waals surface area (Å²) in [6.07, 6.45) is 7.95. The molecule has 2 aromatic rings. The number of allylic oxidation sites excluding steroid dienone is 1. The van der Waals surface area contributed by atoms with E-state index < -0.39 is 73.8 Å². The molecule has 0 bridgehead atoms. The van der Waals surface area contributed by atoms with Crippen molar-refractivity contribution in [1.82, 2.24) is 25.2 Å². The lowest BCUT2D eigenvalue weighted by Crippen LogP contribution is -2.59. The number of nitrogens with one attached hydrogen (secondary N) is 3. The second kappa shape index (κ2) is 15.9. The fourth-order valence-corrected chi connectivity index (χ4v) is 9.06. The first-order valence-electron chi connectivity index (χ1n) is 19.9. The molecule has 3 fully saturated rings. The van der Waals surface area contributed by atoms with Crippen LogP contribution in [0.5, 0.6) is 11.6 Å². The van der Waals surface area contributed by atoms with E-state index in [9.17, 15) is 27.6 Å². The number of pyridine rings is 1. The third-order valence-corrected chi connectivity index (χ3v) is 13.5. The molecule has 6 rings (SSSR count). The maximum absolute atomic E-state index is 14.8. The molecule has 14 nitrogen and oxygen atoms in total. The highest BCUT2D eigenvalue weighted by molar-refractivity contribution is 7.91. The molecule has 56 heavy (non-hydrogen) atoms. The standard InChI is InChI=1S/C41H57N5O9S/c1-8-19-53-32-23-42-35(30-16-12-11-15-29(30)32)54-28-21-31-34(47)44-41(37(49)45-56(51,52)40(7)17-18-40)22-27(41)14-10-9-13-25(2)20-26(3)33(36(48)46(31)24-28)43-38(50)55-39(4,5)6/h10-12,14-16,23,25-28,31,33H,8-9,13,17-22,24H2,1-7H3,(H,43,50)(H,44,47)(H,45,49)/b14-10-/t25-,26-,27?,28-,31+,33+,41-/m1/s1. The minimum Gasteiger partial charge on any atom is -0.491 e. The third-order valence-electron chi connectivity index (χ3n) is 11.4. The Kier molecular flexibility index (Phi) is 11.7. The minimum absolute atomic E-state index is 0.0228. The van der Waals surface area contributed by atoms with E-state index in [0.29, 0.717) is 49.3 Å². The van der Waals surface area contributed by atoms with Crippen molar-refractivity contribution in [3.05, 3.63) is 42.6 Å². The zero-order valence-corrected chi connectivity index (χ0v) is 34.4. The van der Waals surface area contributed by atoms with Crippen LogP contribution < -0.4 is 24.8 Å². The summed E-state index contributed by atoms with van der Waals surface area (Å²) in [5, 5.41) is 7.23. The van der Waals surface area contributed by atoms with Crippen LogP contribution in [0.1, 0.15) is 99.8 Å². The summed E-state index contributed by atoms with van der Waals surface area (Å²) in [5.74, 6) is -1.64. The predicted octanol–water partition coefficient (Wildman–Crippen LogP) is 5.15. The minimum atomic E-state index is -4.00. The molecule has 3 N–H and O–H groups in total. The monoisotopic (exact) mass is 795 g/mol. The van der Waals surface area contributed by atoms with Crippen LogP contribution in [0.3, 0.4) is 0 Å². The van der Waals surface area contributed by atoms with Gasteiger partial charge >= 0.3 is 6.09 Å². The molecule has 1 unspecified atom stereocenters. The first-order chi connectivity index (χ1) is 26.4. The van der Waals surface area contributed by atoms with Crippen molar-refractivity contribution >= 4 is 44.6 Å². The number of sulfonamides is 1. The predicted molar refractivity (Wildman–Crippen MR) is 210 cm³/mol. The summed E-state index contributed by atoms with van der Waals surface area (Å²) in [7, 11) is -4.00. The average Bonchev–Trinajstić information content (AvgIpc) is 4.01. The van der Waals surface area contributed by atoms with Crippen molar-refractivity contribution in [2.75, 3.05) is 13.2 Å². The number of carbonyl (C=O) groups excluding carboxylic acids is 4. The number of fused-ring (bicyclic) bond motifs is 3. The van der Waals surface area contributed by atoms with Gasteiger partial charge in [0.05, 0.1) is 24.1 Å². The van der Waals surface area contributed by atoms with Gasteiger partial charge in [0.15, 0.2) is 0 Å². The van der Waals surface area contributed by atoms with Crippen LogP contribution in [-0.4, -0.2) is 89.3 Å². The number of carbonyl (C=O) groups is 4. The van der Waals surface area contributed by atoms with Crippen LogP contribution in [0.4, 0.5) is 4.79 Å². The topological polar surface area (TPSA) is 182 Å². The Balaban J connectivity index is 1.35. The maximum Gasteiger partial charge on any atom is 0.408 e. The molecular formula is C41H57N5O9S. The largest absolute Gasteiger partial charge is 0.491 e. The molecule has 4 aliphatic rings. The lowest BCUT2D eigenvalue weighted by Gasteiger charge is -2.33. The number of nitrogens with zero attached hydrogens (tertiary/aromatic N) is 2. The Bertz CT molecular complexity index is 1980. The van der Waals surface area contributed by atoms with Crippen LogP contribution in [0.15, 0.2) is 42.6 Å². The number of amides is 4. The molecule has 1 aromatic carbocycles. The molecule has 306 valence electrons. The van der Waals surface area contributed by atoms with Crippen molar-refractivity contribution in [2.24, 2.45) is 17.8 Å². The Hall–Kier alpha value is -4.40. The Morgan fingerprint density at radius 2 is 1.80 bits per heavy atom. The van der Waals surface area contributed by atoms with Crippen molar-refractivity contribution in [3.8, 4) is 11.6 Å². The molecule has 0 radical (unpaired) electrons. The van der Waals surface area contributed by atoms with Crippen LogP contribution in [0, 0.1) is 17.8 Å². The van der Waals surface area contributed by atoms with Crippen molar-refractivity contribution in [1.29, 1.82) is 0 Å². The first kappa shape index (κ1) is 41.2. The fraction of sp³-hybridized carbons (Fsp3) is 0.634. The van der Waals surface area contributed by atoms with Gasteiger partial charge in [-0.3, -0.25) is 19.1 Å². The van der Waals surface area contributed by atoms with Crippen LogP contribution in [-0.2, 0) is 29.1 Å². The van der Waals surface area contributed by atoms with Gasteiger partial charge in [0.2, 0.25) is 27.7 Å². The highest BCUT2D eigenvalue weighted by atomic mass is 32.2. The third kappa shape index (κ3) is 8.92. The van der Waals surface area contributed by atoms with E-state index in [1.807, 2.05) is 50.3 Å². The number of aromatic nitrogens is 1. The molecule has 2 saturated carbocycles. The summed E-state index contributed by atoms with van der Waals surface area (Å²) in [4.78, 5) is 62.5. The lowest BCUT2D eigenvalue weighted by molar-refractivity contribution is -0.142. The zero-order chi connectivity index (χ0) is 40.6. The van der Waals surface area contributed by atoms with Gasteiger partial charge in [0.1, 0.15) is 35.1 Å². The van der Waals surface area contributed by atoms with E-state index in [1.165, 1.54) is 4.90 Å². The van der Waals surface area contributed by atoms with Crippen LogP contribution >= 0.6 is 0 Å². The molecular weight excluding hydrogens is 739 g/mol. The zero-order valence-electron chi connectivity index (χ0n) is 33.6. The fourth-order valence-electron chi connectivity index (χ4n) is 7.75. The normalized spacial score (nSPS) is 29.7. The van der Waals surface area contributed by atoms with Gasteiger partial charge in [0, 0.05) is 23.1 Å². The molecule has 2 aliphatic carbocycles. The Morgan fingerprint density at radius 3 is 2.48 bits per heavy atom. The quantitative estimate of drug-likeness (QED) is 0.287. The molecule has 2 aliphatic heterocycles. The van der Waals surface area contributed by atoms with Gasteiger partial charge in [-0.2, -0.15) is 0 Å². The van der Waals surface area contributed by atoms with E-state index in [1.54, 1.807) is 33.9 Å². The van der Waals surface area contributed by atoms with E-state index in [0.717, 1.165) is 18.2 Å². The lowest BCUT2D eigenvalue weighted by atomic mass is 9.88. The molecule has 1 aromatic heterocycles. The van der Waals surface area contributed by atoms with E-state index >= 15 is 0 Å². The summed E-state index contributed by atoms with van der Waals surface area (Å²) in [5.41, 5.74) is -2.35. The van der Waals surface area contributed by atoms with Crippen molar-refractivity contribution < 1.29 is 41.8 Å².